The Kier molecular flexibility index (Phi) is 4.43. The Labute approximate surface area is 134 Å². The van der Waals surface area contributed by atoms with E-state index in [-0.39, 0.29) is 23.9 Å². The van der Waals surface area contributed by atoms with E-state index in [1.807, 2.05) is 51.9 Å². The quantitative estimate of drug-likeness (QED) is 0.588. The predicted octanol–water partition coefficient (Wildman–Crippen LogP) is 5.11. The third kappa shape index (κ3) is 3.20. The molecule has 0 saturated carbocycles. The Morgan fingerprint density at radius 1 is 0.952 bits per heavy atom. The molecule has 3 heterocycles. The zero-order valence-corrected chi connectivity index (χ0v) is 13.5. The highest BCUT2D eigenvalue weighted by Crippen LogP contribution is 2.30. The summed E-state index contributed by atoms with van der Waals surface area (Å²) < 4.78 is 0. The molecule has 0 aliphatic carbocycles. The van der Waals surface area contributed by atoms with Gasteiger partial charge in [-0.3, -0.25) is 9.59 Å². The first-order valence-corrected chi connectivity index (χ1v) is 9.12. The Bertz CT molecular complexity index is 710. The van der Waals surface area contributed by atoms with Gasteiger partial charge in [0.1, 0.15) is 0 Å². The molecule has 0 fully saturated rings. The monoisotopic (exact) mass is 332 g/mol. The number of ketones is 2. The third-order valence-corrected chi connectivity index (χ3v) is 5.71. The van der Waals surface area contributed by atoms with Gasteiger partial charge in [-0.1, -0.05) is 12.1 Å². The Hall–Kier alpha value is -1.56. The smallest absolute Gasteiger partial charge is 0.180 e. The molecule has 0 amide bonds. The van der Waals surface area contributed by atoms with Gasteiger partial charge in [-0.05, 0) is 45.3 Å². The van der Waals surface area contributed by atoms with E-state index in [2.05, 4.69) is 0 Å². The molecule has 3 aromatic rings. The summed E-state index contributed by atoms with van der Waals surface area (Å²) in [5, 5.41) is 7.67. The molecular formula is C16H12O2S3. The van der Waals surface area contributed by atoms with Gasteiger partial charge in [-0.2, -0.15) is 11.3 Å². The lowest BCUT2D eigenvalue weighted by Crippen LogP contribution is -2.15. The van der Waals surface area contributed by atoms with Gasteiger partial charge in [-0.15, -0.1) is 22.7 Å². The van der Waals surface area contributed by atoms with Crippen LogP contribution in [0.5, 0.6) is 0 Å². The SMILES string of the molecule is O=C(CC(C(=O)c1cccs1)c1ccsc1)c1cccs1. The van der Waals surface area contributed by atoms with Crippen LogP contribution in [0.4, 0.5) is 0 Å². The molecule has 1 atom stereocenters. The van der Waals surface area contributed by atoms with Gasteiger partial charge in [0, 0.05) is 6.42 Å². The van der Waals surface area contributed by atoms with Gasteiger partial charge in [0.25, 0.3) is 0 Å². The highest BCUT2D eigenvalue weighted by molar-refractivity contribution is 7.12. The molecule has 0 aliphatic heterocycles. The second-order valence-electron chi connectivity index (χ2n) is 4.56. The molecule has 0 saturated heterocycles. The van der Waals surface area contributed by atoms with Crippen LogP contribution in [0.3, 0.4) is 0 Å². The van der Waals surface area contributed by atoms with Crippen molar-refractivity contribution in [1.29, 1.82) is 0 Å². The number of hydrogen-bond acceptors (Lipinski definition) is 5. The van der Waals surface area contributed by atoms with E-state index in [0.717, 1.165) is 5.56 Å². The highest BCUT2D eigenvalue weighted by Gasteiger charge is 2.26. The summed E-state index contributed by atoms with van der Waals surface area (Å²) >= 11 is 4.40. The van der Waals surface area contributed by atoms with Crippen LogP contribution in [-0.2, 0) is 0 Å². The summed E-state index contributed by atoms with van der Waals surface area (Å²) in [6.07, 6.45) is 0.230. The fraction of sp³-hybridized carbons (Fsp3) is 0.125. The van der Waals surface area contributed by atoms with Crippen molar-refractivity contribution in [1.82, 2.24) is 0 Å². The van der Waals surface area contributed by atoms with E-state index >= 15 is 0 Å². The van der Waals surface area contributed by atoms with Gasteiger partial charge in [0.2, 0.25) is 0 Å². The van der Waals surface area contributed by atoms with Crippen molar-refractivity contribution >= 4 is 45.6 Å². The summed E-state index contributed by atoms with van der Waals surface area (Å²) in [5.41, 5.74) is 0.934. The molecule has 0 aliphatic rings. The third-order valence-electron chi connectivity index (χ3n) is 3.21. The van der Waals surface area contributed by atoms with Crippen LogP contribution >= 0.6 is 34.0 Å². The molecule has 1 unspecified atom stereocenters. The van der Waals surface area contributed by atoms with Crippen molar-refractivity contribution in [3.8, 4) is 0 Å². The summed E-state index contributed by atoms with van der Waals surface area (Å²) in [6.45, 7) is 0. The van der Waals surface area contributed by atoms with E-state index < -0.39 is 0 Å². The average Bonchev–Trinajstić information content (AvgIpc) is 3.27. The first-order valence-electron chi connectivity index (χ1n) is 6.42. The topological polar surface area (TPSA) is 34.1 Å². The van der Waals surface area contributed by atoms with E-state index in [1.54, 1.807) is 11.3 Å². The minimum absolute atomic E-state index is 0.0334. The lowest BCUT2D eigenvalue weighted by molar-refractivity contribution is 0.0898. The Morgan fingerprint density at radius 2 is 1.67 bits per heavy atom. The second-order valence-corrected chi connectivity index (χ2v) is 7.23. The van der Waals surface area contributed by atoms with E-state index in [0.29, 0.717) is 9.75 Å². The fourth-order valence-electron chi connectivity index (χ4n) is 2.15. The summed E-state index contributed by atoms with van der Waals surface area (Å²) in [6, 6.07) is 9.29. The molecule has 3 aromatic heterocycles. The van der Waals surface area contributed by atoms with Crippen molar-refractivity contribution in [3.05, 3.63) is 67.2 Å². The average molecular weight is 332 g/mol. The number of Topliss-reactive ketones (excluding diaryl/α,β-unsaturated/α-hetero) is 2. The molecule has 0 bridgehead atoms. The lowest BCUT2D eigenvalue weighted by atomic mass is 9.90. The minimum atomic E-state index is -0.385. The fourth-order valence-corrected chi connectivity index (χ4v) is 4.26. The maximum atomic E-state index is 12.7. The molecule has 0 N–H and O–H groups in total. The number of rotatable bonds is 6. The molecule has 3 rings (SSSR count). The minimum Gasteiger partial charge on any atom is -0.293 e. The van der Waals surface area contributed by atoms with Crippen LogP contribution in [0.25, 0.3) is 0 Å². The van der Waals surface area contributed by atoms with Crippen molar-refractivity contribution in [2.24, 2.45) is 0 Å². The van der Waals surface area contributed by atoms with Crippen LogP contribution in [0.1, 0.15) is 37.2 Å². The molecule has 0 aromatic carbocycles. The summed E-state index contributed by atoms with van der Waals surface area (Å²) in [5.74, 6) is -0.316. The van der Waals surface area contributed by atoms with Gasteiger partial charge in [-0.25, -0.2) is 0 Å². The zero-order valence-electron chi connectivity index (χ0n) is 11.0. The number of carbonyl (C=O) groups is 2. The first-order chi connectivity index (χ1) is 10.3. The zero-order chi connectivity index (χ0) is 14.7. The van der Waals surface area contributed by atoms with Gasteiger partial charge >= 0.3 is 0 Å². The van der Waals surface area contributed by atoms with E-state index in [4.69, 9.17) is 0 Å². The Balaban J connectivity index is 1.87. The standard InChI is InChI=1S/C16H12O2S3/c17-13(14-3-1-6-20-14)9-12(11-5-8-19-10-11)16(18)15-4-2-7-21-15/h1-8,10,12H,9H2. The van der Waals surface area contributed by atoms with Crippen LogP contribution < -0.4 is 0 Å². The molecule has 106 valence electrons. The van der Waals surface area contributed by atoms with Gasteiger partial charge < -0.3 is 0 Å². The van der Waals surface area contributed by atoms with Crippen LogP contribution in [0.15, 0.2) is 51.9 Å². The summed E-state index contributed by atoms with van der Waals surface area (Å²) in [7, 11) is 0. The molecule has 0 spiro atoms. The predicted molar refractivity (Wildman–Crippen MR) is 89.0 cm³/mol. The molecule has 0 radical (unpaired) electrons. The molecular weight excluding hydrogens is 320 g/mol. The largest absolute Gasteiger partial charge is 0.293 e. The highest BCUT2D eigenvalue weighted by atomic mass is 32.1. The van der Waals surface area contributed by atoms with Crippen molar-refractivity contribution in [3.63, 3.8) is 0 Å². The van der Waals surface area contributed by atoms with Crippen LogP contribution in [-0.4, -0.2) is 11.6 Å². The Morgan fingerprint density at radius 3 is 2.24 bits per heavy atom. The number of thiophene rings is 3. The van der Waals surface area contributed by atoms with Crippen molar-refractivity contribution in [2.75, 3.05) is 0 Å². The molecule has 2 nitrogen and oxygen atoms in total. The molecule has 5 heteroatoms. The van der Waals surface area contributed by atoms with E-state index in [9.17, 15) is 9.59 Å². The van der Waals surface area contributed by atoms with Gasteiger partial charge in [0.15, 0.2) is 11.6 Å². The summed E-state index contributed by atoms with van der Waals surface area (Å²) in [4.78, 5) is 26.5. The first kappa shape index (κ1) is 14.4. The maximum absolute atomic E-state index is 12.7. The number of carbonyl (C=O) groups excluding carboxylic acids is 2. The van der Waals surface area contributed by atoms with Crippen LogP contribution in [0, 0.1) is 0 Å². The maximum Gasteiger partial charge on any atom is 0.180 e. The van der Waals surface area contributed by atoms with Crippen molar-refractivity contribution in [2.45, 2.75) is 12.3 Å². The van der Waals surface area contributed by atoms with E-state index in [1.165, 1.54) is 22.7 Å². The number of hydrogen-bond donors (Lipinski definition) is 0. The van der Waals surface area contributed by atoms with Crippen LogP contribution in [0.2, 0.25) is 0 Å². The second kappa shape index (κ2) is 6.47. The normalized spacial score (nSPS) is 12.2. The van der Waals surface area contributed by atoms with Gasteiger partial charge in [0.05, 0.1) is 15.7 Å². The lowest BCUT2D eigenvalue weighted by Gasteiger charge is -2.12. The molecule has 21 heavy (non-hydrogen) atoms. The van der Waals surface area contributed by atoms with Crippen molar-refractivity contribution < 1.29 is 9.59 Å².